The summed E-state index contributed by atoms with van der Waals surface area (Å²) in [5.41, 5.74) is 4.60. The summed E-state index contributed by atoms with van der Waals surface area (Å²) >= 11 is 0. The topological polar surface area (TPSA) is 77.2 Å². The summed E-state index contributed by atoms with van der Waals surface area (Å²) in [7, 11) is 0. The predicted octanol–water partition coefficient (Wildman–Crippen LogP) is 3.17. The Balaban J connectivity index is 1.42. The molecule has 32 heavy (non-hydrogen) atoms. The maximum atomic E-state index is 13.1. The fourth-order valence-electron chi connectivity index (χ4n) is 4.53. The molecule has 3 aromatic rings. The van der Waals surface area contributed by atoms with Crippen molar-refractivity contribution in [3.05, 3.63) is 71.4 Å². The van der Waals surface area contributed by atoms with E-state index >= 15 is 0 Å². The average Bonchev–Trinajstić information content (AvgIpc) is 3.19. The third-order valence-electron chi connectivity index (χ3n) is 6.47. The van der Waals surface area contributed by atoms with Crippen LogP contribution in [-0.4, -0.2) is 46.4 Å². The summed E-state index contributed by atoms with van der Waals surface area (Å²) in [5, 5.41) is 7.01. The molecule has 0 bridgehead atoms. The number of para-hydroxylation sites is 1. The standard InChI is InChI=1S/C26H32N4O2/c1-18(31)29-24(14-21-15-27-23-11-7-6-10-22(21)23)25(32)28-17-26(2,3)30-13-12-19-8-4-5-9-20(19)16-30/h4-11,15,24,27H,12-14,16-17H2,1-3H3,(H,28,32)(H,29,31)/t24-/m0/s1. The Labute approximate surface area is 189 Å². The summed E-state index contributed by atoms with van der Waals surface area (Å²) in [4.78, 5) is 30.6. The number of nitrogens with one attached hydrogen (secondary N) is 3. The highest BCUT2D eigenvalue weighted by Gasteiger charge is 2.31. The number of rotatable bonds is 7. The summed E-state index contributed by atoms with van der Waals surface area (Å²) in [6.07, 6.45) is 3.37. The minimum Gasteiger partial charge on any atom is -0.361 e. The fraction of sp³-hybridized carbons (Fsp3) is 0.385. The minimum atomic E-state index is -0.621. The van der Waals surface area contributed by atoms with Gasteiger partial charge in [0.2, 0.25) is 11.8 Å². The molecule has 6 heteroatoms. The number of benzene rings is 2. The number of amides is 2. The van der Waals surface area contributed by atoms with Gasteiger partial charge in [-0.1, -0.05) is 42.5 Å². The first-order valence-electron chi connectivity index (χ1n) is 11.2. The second-order valence-electron chi connectivity index (χ2n) is 9.29. The zero-order valence-electron chi connectivity index (χ0n) is 19.1. The van der Waals surface area contributed by atoms with Crippen LogP contribution in [0.4, 0.5) is 0 Å². The fourth-order valence-corrected chi connectivity index (χ4v) is 4.53. The number of carbonyl (C=O) groups excluding carboxylic acids is 2. The van der Waals surface area contributed by atoms with E-state index in [0.717, 1.165) is 36.0 Å². The number of aromatic amines is 1. The molecular weight excluding hydrogens is 400 g/mol. The lowest BCUT2D eigenvalue weighted by Crippen LogP contribution is -2.56. The maximum Gasteiger partial charge on any atom is 0.242 e. The second kappa shape index (κ2) is 9.17. The number of nitrogens with zero attached hydrogens (tertiary/aromatic N) is 1. The molecule has 1 aliphatic rings. The summed E-state index contributed by atoms with van der Waals surface area (Å²) in [6.45, 7) is 8.12. The van der Waals surface area contributed by atoms with Crippen molar-refractivity contribution in [3.8, 4) is 0 Å². The summed E-state index contributed by atoms with van der Waals surface area (Å²) < 4.78 is 0. The molecule has 168 valence electrons. The van der Waals surface area contributed by atoms with E-state index in [0.29, 0.717) is 13.0 Å². The predicted molar refractivity (Wildman–Crippen MR) is 127 cm³/mol. The van der Waals surface area contributed by atoms with Gasteiger partial charge < -0.3 is 15.6 Å². The van der Waals surface area contributed by atoms with Crippen LogP contribution in [0.15, 0.2) is 54.7 Å². The molecule has 1 atom stereocenters. The van der Waals surface area contributed by atoms with Gasteiger partial charge in [-0.2, -0.15) is 0 Å². The van der Waals surface area contributed by atoms with Gasteiger partial charge in [0.25, 0.3) is 0 Å². The third kappa shape index (κ3) is 4.86. The van der Waals surface area contributed by atoms with Gasteiger partial charge in [0.05, 0.1) is 0 Å². The first-order valence-corrected chi connectivity index (χ1v) is 11.2. The average molecular weight is 433 g/mol. The van der Waals surface area contributed by atoms with Crippen LogP contribution < -0.4 is 10.6 Å². The van der Waals surface area contributed by atoms with Crippen molar-refractivity contribution in [1.29, 1.82) is 0 Å². The van der Waals surface area contributed by atoms with E-state index in [4.69, 9.17) is 0 Å². The Hall–Kier alpha value is -3.12. The molecule has 1 aromatic heterocycles. The Bertz CT molecular complexity index is 1120. The Morgan fingerprint density at radius 1 is 1.09 bits per heavy atom. The van der Waals surface area contributed by atoms with Gasteiger partial charge in [-0.15, -0.1) is 0 Å². The molecule has 3 N–H and O–H groups in total. The largest absolute Gasteiger partial charge is 0.361 e. The molecule has 0 spiro atoms. The van der Waals surface area contributed by atoms with Crippen LogP contribution in [0.1, 0.15) is 37.5 Å². The SMILES string of the molecule is CC(=O)N[C@@H](Cc1c[nH]c2ccccc12)C(=O)NCC(C)(C)N1CCc2ccccc2C1. The van der Waals surface area contributed by atoms with Crippen LogP contribution in [-0.2, 0) is 29.0 Å². The van der Waals surface area contributed by atoms with Crippen molar-refractivity contribution in [2.75, 3.05) is 13.1 Å². The number of hydrogen-bond donors (Lipinski definition) is 3. The molecule has 0 saturated carbocycles. The van der Waals surface area contributed by atoms with Crippen molar-refractivity contribution in [1.82, 2.24) is 20.5 Å². The number of hydrogen-bond acceptors (Lipinski definition) is 3. The van der Waals surface area contributed by atoms with E-state index in [1.165, 1.54) is 18.1 Å². The Morgan fingerprint density at radius 3 is 2.59 bits per heavy atom. The van der Waals surface area contributed by atoms with Crippen molar-refractivity contribution in [3.63, 3.8) is 0 Å². The smallest absolute Gasteiger partial charge is 0.242 e. The molecule has 0 saturated heterocycles. The van der Waals surface area contributed by atoms with Gasteiger partial charge >= 0.3 is 0 Å². The van der Waals surface area contributed by atoms with Crippen molar-refractivity contribution < 1.29 is 9.59 Å². The number of H-pyrrole nitrogens is 1. The maximum absolute atomic E-state index is 13.1. The van der Waals surface area contributed by atoms with Gasteiger partial charge in [-0.25, -0.2) is 0 Å². The lowest BCUT2D eigenvalue weighted by atomic mass is 9.94. The van der Waals surface area contributed by atoms with Gasteiger partial charge in [0.15, 0.2) is 0 Å². The molecule has 2 aromatic carbocycles. The first kappa shape index (κ1) is 22.1. The van der Waals surface area contributed by atoms with Gasteiger partial charge in [-0.05, 0) is 43.0 Å². The van der Waals surface area contributed by atoms with Crippen molar-refractivity contribution in [2.45, 2.75) is 51.7 Å². The number of fused-ring (bicyclic) bond motifs is 2. The lowest BCUT2D eigenvalue weighted by molar-refractivity contribution is -0.128. The highest BCUT2D eigenvalue weighted by molar-refractivity contribution is 5.89. The lowest BCUT2D eigenvalue weighted by Gasteiger charge is -2.42. The van der Waals surface area contributed by atoms with E-state index in [1.54, 1.807) is 0 Å². The second-order valence-corrected chi connectivity index (χ2v) is 9.29. The quantitative estimate of drug-likeness (QED) is 0.537. The number of aromatic nitrogens is 1. The highest BCUT2D eigenvalue weighted by atomic mass is 16.2. The van der Waals surface area contributed by atoms with Crippen molar-refractivity contribution in [2.24, 2.45) is 0 Å². The molecule has 0 fully saturated rings. The summed E-state index contributed by atoms with van der Waals surface area (Å²) in [6, 6.07) is 15.9. The van der Waals surface area contributed by atoms with E-state index in [2.05, 4.69) is 58.6 Å². The number of carbonyl (C=O) groups is 2. The zero-order chi connectivity index (χ0) is 22.7. The van der Waals surface area contributed by atoms with E-state index in [9.17, 15) is 9.59 Å². The molecule has 6 nitrogen and oxygen atoms in total. The third-order valence-corrected chi connectivity index (χ3v) is 6.47. The van der Waals surface area contributed by atoms with Crippen LogP contribution in [0.2, 0.25) is 0 Å². The van der Waals surface area contributed by atoms with Crippen LogP contribution in [0, 0.1) is 0 Å². The van der Waals surface area contributed by atoms with Crippen LogP contribution in [0.3, 0.4) is 0 Å². The van der Waals surface area contributed by atoms with Gasteiger partial charge in [0.1, 0.15) is 6.04 Å². The molecule has 0 aliphatic carbocycles. The molecule has 2 heterocycles. The monoisotopic (exact) mass is 432 g/mol. The summed E-state index contributed by atoms with van der Waals surface area (Å²) in [5.74, 6) is -0.368. The molecule has 1 aliphatic heterocycles. The van der Waals surface area contributed by atoms with Crippen LogP contribution in [0.5, 0.6) is 0 Å². The van der Waals surface area contributed by atoms with E-state index in [-0.39, 0.29) is 17.4 Å². The van der Waals surface area contributed by atoms with Crippen LogP contribution >= 0.6 is 0 Å². The van der Waals surface area contributed by atoms with Gasteiger partial charge in [0, 0.05) is 55.6 Å². The first-order chi connectivity index (χ1) is 15.3. The Morgan fingerprint density at radius 2 is 1.81 bits per heavy atom. The normalized spacial score (nSPS) is 15.2. The molecule has 0 radical (unpaired) electrons. The molecule has 2 amide bonds. The minimum absolute atomic E-state index is 0.157. The highest BCUT2D eigenvalue weighted by Crippen LogP contribution is 2.25. The molecular formula is C26H32N4O2. The van der Waals surface area contributed by atoms with Crippen LogP contribution in [0.25, 0.3) is 10.9 Å². The molecule has 0 unspecified atom stereocenters. The van der Waals surface area contributed by atoms with Gasteiger partial charge in [-0.3, -0.25) is 14.5 Å². The van der Waals surface area contributed by atoms with Crippen molar-refractivity contribution >= 4 is 22.7 Å². The Kier molecular flexibility index (Phi) is 6.33. The van der Waals surface area contributed by atoms with E-state index < -0.39 is 6.04 Å². The molecule has 4 rings (SSSR count). The van der Waals surface area contributed by atoms with E-state index in [1.807, 2.05) is 30.5 Å². The zero-order valence-corrected chi connectivity index (χ0v) is 19.1.